The monoisotopic (exact) mass is 400 g/mol. The van der Waals surface area contributed by atoms with E-state index in [9.17, 15) is 0 Å². The molecular weight excluding hydrogens is 356 g/mol. The SMILES string of the molecule is CCCC/C=C/CCCCCCCCCCCCc1ccccc1OCC1CO1. The standard InChI is InChI=1S/C27H44O2/c1-2-3-4-5-6-7-8-9-10-11-12-13-14-15-16-17-20-25-21-18-19-22-27(25)29-24-26-23-28-26/h5-6,18-19,21-22,26H,2-4,7-17,20,23-24H2,1H3/b6-5+. The van der Waals surface area contributed by atoms with E-state index in [1.165, 1.54) is 95.5 Å². The number of hydrogen-bond acceptors (Lipinski definition) is 2. The van der Waals surface area contributed by atoms with Crippen LogP contribution < -0.4 is 4.74 Å². The molecule has 2 nitrogen and oxygen atoms in total. The van der Waals surface area contributed by atoms with Crippen molar-refractivity contribution < 1.29 is 9.47 Å². The van der Waals surface area contributed by atoms with E-state index in [1.807, 2.05) is 0 Å². The van der Waals surface area contributed by atoms with Crippen LogP contribution in [0.4, 0.5) is 0 Å². The van der Waals surface area contributed by atoms with Crippen molar-refractivity contribution >= 4 is 0 Å². The average Bonchev–Trinajstić information content (AvgIpc) is 3.57. The number of allylic oxidation sites excluding steroid dienone is 2. The lowest BCUT2D eigenvalue weighted by atomic mass is 10.0. The predicted octanol–water partition coefficient (Wildman–Crippen LogP) is 8.04. The molecule has 0 aromatic heterocycles. The summed E-state index contributed by atoms with van der Waals surface area (Å²) < 4.78 is 11.1. The summed E-state index contributed by atoms with van der Waals surface area (Å²) in [7, 11) is 0. The molecule has 1 aromatic rings. The van der Waals surface area contributed by atoms with Crippen molar-refractivity contribution in [1.29, 1.82) is 0 Å². The molecule has 29 heavy (non-hydrogen) atoms. The van der Waals surface area contributed by atoms with Crippen LogP contribution >= 0.6 is 0 Å². The topological polar surface area (TPSA) is 21.8 Å². The van der Waals surface area contributed by atoms with Crippen LogP contribution in [0.2, 0.25) is 0 Å². The van der Waals surface area contributed by atoms with Crippen LogP contribution in [0.3, 0.4) is 0 Å². The van der Waals surface area contributed by atoms with Crippen molar-refractivity contribution in [2.75, 3.05) is 13.2 Å². The molecule has 0 spiro atoms. The van der Waals surface area contributed by atoms with Gasteiger partial charge in [-0.05, 0) is 43.7 Å². The number of unbranched alkanes of at least 4 members (excludes halogenated alkanes) is 12. The second-order valence-corrected chi connectivity index (χ2v) is 8.56. The maximum absolute atomic E-state index is 5.91. The van der Waals surface area contributed by atoms with Gasteiger partial charge in [0, 0.05) is 0 Å². The first-order valence-electron chi connectivity index (χ1n) is 12.4. The van der Waals surface area contributed by atoms with Crippen molar-refractivity contribution in [3.63, 3.8) is 0 Å². The smallest absolute Gasteiger partial charge is 0.122 e. The Balaban J connectivity index is 1.36. The molecule has 1 aliphatic rings. The van der Waals surface area contributed by atoms with Crippen LogP contribution in [0.5, 0.6) is 5.75 Å². The zero-order valence-electron chi connectivity index (χ0n) is 18.9. The maximum atomic E-state index is 5.91. The Morgan fingerprint density at radius 2 is 1.41 bits per heavy atom. The largest absolute Gasteiger partial charge is 0.491 e. The highest BCUT2D eigenvalue weighted by Gasteiger charge is 2.23. The highest BCUT2D eigenvalue weighted by Crippen LogP contribution is 2.22. The summed E-state index contributed by atoms with van der Waals surface area (Å²) >= 11 is 0. The quantitative estimate of drug-likeness (QED) is 0.133. The first-order chi connectivity index (χ1) is 14.4. The Bertz CT molecular complexity index is 533. The number of rotatable bonds is 19. The Kier molecular flexibility index (Phi) is 13.7. The first kappa shape index (κ1) is 24.0. The van der Waals surface area contributed by atoms with Crippen molar-refractivity contribution in [2.24, 2.45) is 0 Å². The summed E-state index contributed by atoms with van der Waals surface area (Å²) in [5.41, 5.74) is 1.35. The molecule has 1 aromatic carbocycles. The van der Waals surface area contributed by atoms with Gasteiger partial charge in [0.2, 0.25) is 0 Å². The van der Waals surface area contributed by atoms with E-state index in [0.717, 1.165) is 18.8 Å². The third-order valence-electron chi connectivity index (χ3n) is 5.76. The van der Waals surface area contributed by atoms with Crippen molar-refractivity contribution in [2.45, 2.75) is 109 Å². The van der Waals surface area contributed by atoms with Crippen LogP contribution in [0.15, 0.2) is 36.4 Å². The number of ether oxygens (including phenoxy) is 2. The summed E-state index contributed by atoms with van der Waals surface area (Å²) in [4.78, 5) is 0. The molecule has 1 atom stereocenters. The third kappa shape index (κ3) is 12.8. The molecule has 2 rings (SSSR count). The summed E-state index contributed by atoms with van der Waals surface area (Å²) in [5.74, 6) is 1.06. The van der Waals surface area contributed by atoms with Gasteiger partial charge in [-0.15, -0.1) is 0 Å². The molecule has 1 saturated heterocycles. The minimum absolute atomic E-state index is 0.329. The van der Waals surface area contributed by atoms with Crippen LogP contribution in [0, 0.1) is 0 Å². The highest BCUT2D eigenvalue weighted by atomic mass is 16.6. The van der Waals surface area contributed by atoms with Crippen molar-refractivity contribution in [1.82, 2.24) is 0 Å². The van der Waals surface area contributed by atoms with E-state index in [4.69, 9.17) is 9.47 Å². The molecule has 0 saturated carbocycles. The molecule has 164 valence electrons. The van der Waals surface area contributed by atoms with E-state index in [-0.39, 0.29) is 0 Å². The Morgan fingerprint density at radius 1 is 0.828 bits per heavy atom. The second-order valence-electron chi connectivity index (χ2n) is 8.56. The molecule has 1 fully saturated rings. The maximum Gasteiger partial charge on any atom is 0.122 e. The molecule has 1 aliphatic heterocycles. The molecule has 1 unspecified atom stereocenters. The van der Waals surface area contributed by atoms with E-state index in [0.29, 0.717) is 12.7 Å². The molecule has 0 N–H and O–H groups in total. The summed E-state index contributed by atoms with van der Waals surface area (Å²) in [5, 5.41) is 0. The fourth-order valence-electron chi connectivity index (χ4n) is 3.75. The minimum atomic E-state index is 0.329. The van der Waals surface area contributed by atoms with Gasteiger partial charge in [0.15, 0.2) is 0 Å². The Hall–Kier alpha value is -1.28. The minimum Gasteiger partial charge on any atom is -0.491 e. The van der Waals surface area contributed by atoms with Gasteiger partial charge < -0.3 is 9.47 Å². The number of aryl methyl sites for hydroxylation is 1. The van der Waals surface area contributed by atoms with Crippen LogP contribution in [0.1, 0.15) is 102 Å². The lowest BCUT2D eigenvalue weighted by Crippen LogP contribution is -2.05. The van der Waals surface area contributed by atoms with E-state index in [2.05, 4.69) is 43.3 Å². The number of epoxide rings is 1. The van der Waals surface area contributed by atoms with Crippen LogP contribution in [-0.2, 0) is 11.2 Å². The van der Waals surface area contributed by atoms with Gasteiger partial charge in [-0.2, -0.15) is 0 Å². The van der Waals surface area contributed by atoms with Gasteiger partial charge in [0.05, 0.1) is 6.61 Å². The molecule has 0 radical (unpaired) electrons. The Labute approximate surface area is 180 Å². The fraction of sp³-hybridized carbons (Fsp3) is 0.704. The molecule has 1 heterocycles. The number of para-hydroxylation sites is 1. The highest BCUT2D eigenvalue weighted by molar-refractivity contribution is 5.33. The molecular formula is C27H44O2. The second kappa shape index (κ2) is 16.5. The van der Waals surface area contributed by atoms with Crippen molar-refractivity contribution in [3.05, 3.63) is 42.0 Å². The number of hydrogen-bond donors (Lipinski definition) is 0. The van der Waals surface area contributed by atoms with Gasteiger partial charge in [0.25, 0.3) is 0 Å². The van der Waals surface area contributed by atoms with Gasteiger partial charge >= 0.3 is 0 Å². The zero-order valence-corrected chi connectivity index (χ0v) is 18.9. The van der Waals surface area contributed by atoms with E-state index >= 15 is 0 Å². The van der Waals surface area contributed by atoms with E-state index < -0.39 is 0 Å². The lowest BCUT2D eigenvalue weighted by Gasteiger charge is -2.10. The Morgan fingerprint density at radius 3 is 2.07 bits per heavy atom. The van der Waals surface area contributed by atoms with Crippen molar-refractivity contribution in [3.8, 4) is 5.75 Å². The summed E-state index contributed by atoms with van der Waals surface area (Å²) in [6.45, 7) is 3.82. The molecule has 0 amide bonds. The average molecular weight is 401 g/mol. The first-order valence-corrected chi connectivity index (χ1v) is 12.4. The lowest BCUT2D eigenvalue weighted by molar-refractivity contribution is 0.261. The van der Waals surface area contributed by atoms with Gasteiger partial charge in [-0.3, -0.25) is 0 Å². The fourth-order valence-corrected chi connectivity index (χ4v) is 3.75. The van der Waals surface area contributed by atoms with E-state index in [1.54, 1.807) is 0 Å². The normalized spacial score (nSPS) is 15.8. The summed E-state index contributed by atoms with van der Waals surface area (Å²) in [6.07, 6.45) is 25.3. The molecule has 0 aliphatic carbocycles. The molecule has 2 heteroatoms. The van der Waals surface area contributed by atoms with Gasteiger partial charge in [-0.25, -0.2) is 0 Å². The zero-order chi connectivity index (χ0) is 20.4. The molecule has 0 bridgehead atoms. The van der Waals surface area contributed by atoms with Crippen LogP contribution in [0.25, 0.3) is 0 Å². The third-order valence-corrected chi connectivity index (χ3v) is 5.76. The van der Waals surface area contributed by atoms with Crippen LogP contribution in [-0.4, -0.2) is 19.3 Å². The predicted molar refractivity (Wildman–Crippen MR) is 125 cm³/mol. The van der Waals surface area contributed by atoms with Gasteiger partial charge in [-0.1, -0.05) is 101 Å². The number of benzene rings is 1. The summed E-state index contributed by atoms with van der Waals surface area (Å²) in [6, 6.07) is 8.50. The van der Waals surface area contributed by atoms with Gasteiger partial charge in [0.1, 0.15) is 18.5 Å².